The van der Waals surface area contributed by atoms with Crippen LogP contribution in [0.15, 0.2) is 0 Å². The van der Waals surface area contributed by atoms with E-state index in [0.29, 0.717) is 12.5 Å². The maximum absolute atomic E-state index is 8.38. The molecule has 82 valence electrons. The molecule has 1 unspecified atom stereocenters. The first-order valence-corrected chi connectivity index (χ1v) is 5.57. The Bertz CT molecular complexity index is 158. The van der Waals surface area contributed by atoms with E-state index in [4.69, 9.17) is 5.26 Å². The van der Waals surface area contributed by atoms with Crippen LogP contribution in [0.5, 0.6) is 0 Å². The molecule has 0 fully saturated rings. The van der Waals surface area contributed by atoms with Crippen LogP contribution < -0.4 is 5.32 Å². The number of nitrogens with zero attached hydrogens (tertiary/aromatic N) is 2. The average Bonchev–Trinajstić information content (AvgIpc) is 2.20. The molecule has 1 N–H and O–H groups in total. The largest absolute Gasteiger partial charge is 0.313 e. The lowest BCUT2D eigenvalue weighted by molar-refractivity contribution is 0.285. The Labute approximate surface area is 88.1 Å². The van der Waals surface area contributed by atoms with E-state index in [1.54, 1.807) is 0 Å². The highest BCUT2D eigenvalue weighted by Crippen LogP contribution is 1.95. The molecular formula is C11H23N3. The van der Waals surface area contributed by atoms with Crippen molar-refractivity contribution in [2.45, 2.75) is 39.7 Å². The predicted molar refractivity (Wildman–Crippen MR) is 60.1 cm³/mol. The van der Waals surface area contributed by atoms with Gasteiger partial charge in [-0.15, -0.1) is 0 Å². The van der Waals surface area contributed by atoms with Crippen molar-refractivity contribution in [2.75, 3.05) is 26.2 Å². The van der Waals surface area contributed by atoms with Crippen LogP contribution in [-0.4, -0.2) is 37.1 Å². The summed E-state index contributed by atoms with van der Waals surface area (Å²) in [6.45, 7) is 10.8. The molecule has 3 nitrogen and oxygen atoms in total. The zero-order valence-corrected chi connectivity index (χ0v) is 9.71. The fourth-order valence-electron chi connectivity index (χ4n) is 1.39. The van der Waals surface area contributed by atoms with E-state index >= 15 is 0 Å². The van der Waals surface area contributed by atoms with E-state index in [1.807, 2.05) is 0 Å². The van der Waals surface area contributed by atoms with Gasteiger partial charge in [0.25, 0.3) is 0 Å². The molecule has 0 aromatic heterocycles. The van der Waals surface area contributed by atoms with Crippen LogP contribution >= 0.6 is 0 Å². The summed E-state index contributed by atoms with van der Waals surface area (Å²) >= 11 is 0. The second kappa shape index (κ2) is 8.98. The Morgan fingerprint density at radius 3 is 2.50 bits per heavy atom. The van der Waals surface area contributed by atoms with Gasteiger partial charge in [-0.25, -0.2) is 0 Å². The molecule has 14 heavy (non-hydrogen) atoms. The monoisotopic (exact) mass is 197 g/mol. The third kappa shape index (κ3) is 6.88. The maximum atomic E-state index is 8.38. The summed E-state index contributed by atoms with van der Waals surface area (Å²) in [6, 6.07) is 2.65. The summed E-state index contributed by atoms with van der Waals surface area (Å²) in [4.78, 5) is 2.42. The van der Waals surface area contributed by atoms with Crippen molar-refractivity contribution in [3.05, 3.63) is 0 Å². The van der Waals surface area contributed by atoms with Crippen LogP contribution in [0.3, 0.4) is 0 Å². The Hall–Kier alpha value is -0.590. The van der Waals surface area contributed by atoms with Crippen molar-refractivity contribution in [3.8, 4) is 6.07 Å². The molecule has 0 saturated heterocycles. The van der Waals surface area contributed by atoms with E-state index in [9.17, 15) is 0 Å². The molecular weight excluding hydrogens is 174 g/mol. The lowest BCUT2D eigenvalue weighted by Gasteiger charge is -2.20. The van der Waals surface area contributed by atoms with Crippen LogP contribution in [0.4, 0.5) is 0 Å². The number of nitrogens with one attached hydrogen (secondary N) is 1. The zero-order valence-electron chi connectivity index (χ0n) is 9.71. The van der Waals surface area contributed by atoms with Crippen molar-refractivity contribution >= 4 is 0 Å². The molecule has 0 spiro atoms. The summed E-state index contributed by atoms with van der Waals surface area (Å²) < 4.78 is 0. The zero-order chi connectivity index (χ0) is 10.8. The summed E-state index contributed by atoms with van der Waals surface area (Å²) in [6.07, 6.45) is 1.77. The summed E-state index contributed by atoms with van der Waals surface area (Å²) in [7, 11) is 0. The first-order chi connectivity index (χ1) is 6.74. The minimum Gasteiger partial charge on any atom is -0.313 e. The Kier molecular flexibility index (Phi) is 8.61. The fraction of sp³-hybridized carbons (Fsp3) is 0.909. The topological polar surface area (TPSA) is 39.1 Å². The van der Waals surface area contributed by atoms with Gasteiger partial charge in [-0.3, -0.25) is 0 Å². The first kappa shape index (κ1) is 13.4. The van der Waals surface area contributed by atoms with Gasteiger partial charge in [-0.05, 0) is 33.0 Å². The van der Waals surface area contributed by atoms with Crippen LogP contribution in [0.1, 0.15) is 33.6 Å². The number of nitriles is 1. The van der Waals surface area contributed by atoms with Gasteiger partial charge in [0.1, 0.15) is 0 Å². The Balaban J connectivity index is 3.42. The maximum Gasteiger partial charge on any atom is 0.0635 e. The molecule has 1 atom stereocenters. The molecule has 3 heteroatoms. The first-order valence-electron chi connectivity index (χ1n) is 5.57. The molecule has 0 saturated carbocycles. The van der Waals surface area contributed by atoms with Gasteiger partial charge in [0.05, 0.1) is 6.07 Å². The molecule has 0 aromatic carbocycles. The van der Waals surface area contributed by atoms with Crippen molar-refractivity contribution in [2.24, 2.45) is 0 Å². The molecule has 0 bridgehead atoms. The molecule has 0 amide bonds. The van der Waals surface area contributed by atoms with Gasteiger partial charge >= 0.3 is 0 Å². The van der Waals surface area contributed by atoms with Gasteiger partial charge in [-0.1, -0.05) is 13.8 Å². The molecule has 0 radical (unpaired) electrons. The van der Waals surface area contributed by atoms with E-state index in [1.165, 1.54) is 0 Å². The Morgan fingerprint density at radius 1 is 1.36 bits per heavy atom. The standard InChI is InChI=1S/C11H23N3/c1-4-14(5-2)10-7-11(3)13-9-6-8-12/h11,13H,4-7,9-10H2,1-3H3. The highest BCUT2D eigenvalue weighted by molar-refractivity contribution is 4.72. The Morgan fingerprint density at radius 2 is 2.00 bits per heavy atom. The van der Waals surface area contributed by atoms with Crippen LogP contribution in [0.2, 0.25) is 0 Å². The molecule has 0 aliphatic rings. The van der Waals surface area contributed by atoms with Crippen LogP contribution in [0.25, 0.3) is 0 Å². The lowest BCUT2D eigenvalue weighted by atomic mass is 10.2. The molecule has 0 aliphatic heterocycles. The summed E-state index contributed by atoms with van der Waals surface area (Å²) in [5, 5.41) is 11.7. The smallest absolute Gasteiger partial charge is 0.0635 e. The summed E-state index contributed by atoms with van der Waals surface area (Å²) in [5.74, 6) is 0. The van der Waals surface area contributed by atoms with Crippen molar-refractivity contribution in [3.63, 3.8) is 0 Å². The number of hydrogen-bond donors (Lipinski definition) is 1. The highest BCUT2D eigenvalue weighted by Gasteiger charge is 2.03. The van der Waals surface area contributed by atoms with E-state index in [2.05, 4.69) is 37.1 Å². The van der Waals surface area contributed by atoms with Crippen molar-refractivity contribution in [1.29, 1.82) is 5.26 Å². The number of hydrogen-bond acceptors (Lipinski definition) is 3. The van der Waals surface area contributed by atoms with E-state index < -0.39 is 0 Å². The van der Waals surface area contributed by atoms with Gasteiger partial charge in [-0.2, -0.15) is 5.26 Å². The molecule has 0 aromatic rings. The predicted octanol–water partition coefficient (Wildman–Crippen LogP) is 1.61. The highest BCUT2D eigenvalue weighted by atomic mass is 15.1. The van der Waals surface area contributed by atoms with Gasteiger partial charge in [0.15, 0.2) is 0 Å². The molecule has 0 aliphatic carbocycles. The molecule has 0 heterocycles. The normalized spacial score (nSPS) is 12.8. The van der Waals surface area contributed by atoms with Crippen LogP contribution in [0, 0.1) is 11.3 Å². The number of rotatable bonds is 8. The molecule has 0 rings (SSSR count). The fourth-order valence-corrected chi connectivity index (χ4v) is 1.39. The van der Waals surface area contributed by atoms with Gasteiger partial charge < -0.3 is 10.2 Å². The minimum absolute atomic E-state index is 0.518. The van der Waals surface area contributed by atoms with Crippen molar-refractivity contribution in [1.82, 2.24) is 10.2 Å². The second-order valence-electron chi connectivity index (χ2n) is 3.58. The van der Waals surface area contributed by atoms with Crippen LogP contribution in [-0.2, 0) is 0 Å². The van der Waals surface area contributed by atoms with E-state index in [0.717, 1.165) is 32.6 Å². The van der Waals surface area contributed by atoms with Crippen molar-refractivity contribution < 1.29 is 0 Å². The second-order valence-corrected chi connectivity index (χ2v) is 3.58. The minimum atomic E-state index is 0.518. The quantitative estimate of drug-likeness (QED) is 0.601. The summed E-state index contributed by atoms with van der Waals surface area (Å²) in [5.41, 5.74) is 0. The van der Waals surface area contributed by atoms with Gasteiger partial charge in [0, 0.05) is 19.0 Å². The SMILES string of the molecule is CCN(CC)CCC(C)NCCC#N. The third-order valence-electron chi connectivity index (χ3n) is 2.50. The van der Waals surface area contributed by atoms with E-state index in [-0.39, 0.29) is 0 Å². The third-order valence-corrected chi connectivity index (χ3v) is 2.50. The van der Waals surface area contributed by atoms with Gasteiger partial charge in [0.2, 0.25) is 0 Å². The lowest BCUT2D eigenvalue weighted by Crippen LogP contribution is -2.32. The average molecular weight is 197 g/mol.